The molecule has 0 aromatic heterocycles. The Balaban J connectivity index is 1.55. The van der Waals surface area contributed by atoms with E-state index in [1.165, 1.54) is 11.1 Å². The first-order valence-electron chi connectivity index (χ1n) is 12.4. The van der Waals surface area contributed by atoms with Gasteiger partial charge in [-0.3, -0.25) is 14.5 Å². The van der Waals surface area contributed by atoms with Crippen LogP contribution in [-0.2, 0) is 21.4 Å². The molecule has 3 atom stereocenters. The smallest absolute Gasteiger partial charge is 0.233 e. The van der Waals surface area contributed by atoms with Gasteiger partial charge in [0.05, 0.1) is 11.8 Å². The van der Waals surface area contributed by atoms with Crippen LogP contribution in [0, 0.1) is 11.8 Å². The molecule has 168 valence electrons. The van der Waals surface area contributed by atoms with Crippen molar-refractivity contribution in [2.24, 2.45) is 11.8 Å². The van der Waals surface area contributed by atoms with Gasteiger partial charge >= 0.3 is 0 Å². The van der Waals surface area contributed by atoms with E-state index < -0.39 is 0 Å². The lowest BCUT2D eigenvalue weighted by Gasteiger charge is -2.47. The van der Waals surface area contributed by atoms with Crippen molar-refractivity contribution in [3.63, 3.8) is 0 Å². The van der Waals surface area contributed by atoms with Crippen molar-refractivity contribution in [3.05, 3.63) is 71.8 Å². The van der Waals surface area contributed by atoms with Crippen molar-refractivity contribution in [3.8, 4) is 0 Å². The highest BCUT2D eigenvalue weighted by molar-refractivity contribution is 6.05. The number of nitrogens with one attached hydrogen (secondary N) is 1. The molecule has 3 fully saturated rings. The number of nitrogens with zero attached hydrogens (tertiary/aromatic N) is 1. The number of aryl methyl sites for hydroxylation is 1. The molecule has 0 spiro atoms. The van der Waals surface area contributed by atoms with E-state index >= 15 is 0 Å². The Morgan fingerprint density at radius 2 is 1.41 bits per heavy atom. The molecule has 2 saturated heterocycles. The number of fused-ring (bicyclic) bond motifs is 1. The van der Waals surface area contributed by atoms with Crippen molar-refractivity contribution < 1.29 is 9.59 Å². The number of carbonyl (C=O) groups excluding carboxylic acids is 2. The molecule has 2 aliphatic heterocycles. The number of hydrogen-bond donors (Lipinski definition) is 1. The fourth-order valence-corrected chi connectivity index (χ4v) is 6.55. The summed E-state index contributed by atoms with van der Waals surface area (Å²) in [6, 6.07) is 21.1. The number of rotatable bonds is 6. The molecule has 0 radical (unpaired) electrons. The van der Waals surface area contributed by atoms with Crippen LogP contribution in [0.4, 0.5) is 0 Å². The lowest BCUT2D eigenvalue weighted by Crippen LogP contribution is -2.57. The maximum Gasteiger partial charge on any atom is 0.233 e. The Morgan fingerprint density at radius 3 is 2.00 bits per heavy atom. The Labute approximate surface area is 191 Å². The van der Waals surface area contributed by atoms with Crippen molar-refractivity contribution >= 4 is 11.8 Å². The van der Waals surface area contributed by atoms with Crippen LogP contribution in [0.1, 0.15) is 56.1 Å². The largest absolute Gasteiger partial charge is 0.317 e. The van der Waals surface area contributed by atoms with Gasteiger partial charge in [-0.15, -0.1) is 0 Å². The van der Waals surface area contributed by atoms with Crippen LogP contribution in [0.15, 0.2) is 60.7 Å². The van der Waals surface area contributed by atoms with Gasteiger partial charge in [0.25, 0.3) is 0 Å². The highest BCUT2D eigenvalue weighted by atomic mass is 16.2. The van der Waals surface area contributed by atoms with Crippen molar-refractivity contribution in [2.75, 3.05) is 13.1 Å². The highest BCUT2D eigenvalue weighted by Crippen LogP contribution is 2.46. The van der Waals surface area contributed by atoms with E-state index in [-0.39, 0.29) is 35.1 Å². The molecule has 32 heavy (non-hydrogen) atoms. The van der Waals surface area contributed by atoms with Gasteiger partial charge in [-0.05, 0) is 62.7 Å². The third-order valence-electron chi connectivity index (χ3n) is 8.22. The predicted molar refractivity (Wildman–Crippen MR) is 126 cm³/mol. The molecule has 2 aromatic carbocycles. The van der Waals surface area contributed by atoms with E-state index in [0.717, 1.165) is 64.5 Å². The Hall–Kier alpha value is -2.46. The van der Waals surface area contributed by atoms with Crippen LogP contribution in [0.2, 0.25) is 0 Å². The number of imide groups is 1. The minimum absolute atomic E-state index is 0.0926. The van der Waals surface area contributed by atoms with Gasteiger partial charge in [0.15, 0.2) is 0 Å². The van der Waals surface area contributed by atoms with Crippen molar-refractivity contribution in [2.45, 2.75) is 62.8 Å². The molecule has 2 heterocycles. The third-order valence-corrected chi connectivity index (χ3v) is 8.22. The number of likely N-dealkylation sites (tertiary alicyclic amines) is 1. The molecule has 4 nitrogen and oxygen atoms in total. The monoisotopic (exact) mass is 430 g/mol. The zero-order valence-corrected chi connectivity index (χ0v) is 18.8. The average Bonchev–Trinajstić information content (AvgIpc) is 3.11. The topological polar surface area (TPSA) is 49.4 Å². The van der Waals surface area contributed by atoms with E-state index in [0.29, 0.717) is 0 Å². The van der Waals surface area contributed by atoms with Gasteiger partial charge < -0.3 is 5.32 Å². The zero-order valence-electron chi connectivity index (χ0n) is 18.8. The fourth-order valence-electron chi connectivity index (χ4n) is 6.55. The van der Waals surface area contributed by atoms with Gasteiger partial charge in [-0.25, -0.2) is 0 Å². The molecule has 2 aromatic rings. The summed E-state index contributed by atoms with van der Waals surface area (Å²) < 4.78 is 0. The third kappa shape index (κ3) is 3.79. The summed E-state index contributed by atoms with van der Waals surface area (Å²) in [7, 11) is 0. The van der Waals surface area contributed by atoms with E-state index in [9.17, 15) is 9.59 Å². The summed E-state index contributed by atoms with van der Waals surface area (Å²) >= 11 is 0. The van der Waals surface area contributed by atoms with E-state index in [1.807, 2.05) is 6.07 Å². The van der Waals surface area contributed by atoms with Gasteiger partial charge in [-0.2, -0.15) is 0 Å². The Kier molecular flexibility index (Phi) is 6.14. The molecule has 1 aliphatic carbocycles. The Bertz CT molecular complexity index is 912. The molecular weight excluding hydrogens is 396 g/mol. The summed E-state index contributed by atoms with van der Waals surface area (Å²) in [5, 5.41) is 3.51. The van der Waals surface area contributed by atoms with Crippen molar-refractivity contribution in [1.29, 1.82) is 0 Å². The molecule has 5 rings (SSSR count). The quantitative estimate of drug-likeness (QED) is 0.687. The summed E-state index contributed by atoms with van der Waals surface area (Å²) in [6.07, 6.45) is 7.46. The standard InChI is InChI=1S/C28H34N2O2/c31-26-23-13-7-8-14-24(23)27(32)30(26)25(16-15-21-9-3-1-4-10-21)28(17-19-29-20-18-28)22-11-5-2-6-12-22/h1-6,9-12,23-25,29H,7-8,13-20H2. The van der Waals surface area contributed by atoms with E-state index in [4.69, 9.17) is 0 Å². The van der Waals surface area contributed by atoms with Crippen LogP contribution >= 0.6 is 0 Å². The van der Waals surface area contributed by atoms with E-state index in [1.54, 1.807) is 4.90 Å². The molecular formula is C28H34N2O2. The SMILES string of the molecule is O=C1C2CCCCC2C(=O)N1C(CCc1ccccc1)C1(c2ccccc2)CCNCC1. The lowest BCUT2D eigenvalue weighted by atomic mass is 9.66. The highest BCUT2D eigenvalue weighted by Gasteiger charge is 2.55. The second kappa shape index (κ2) is 9.19. The van der Waals surface area contributed by atoms with Crippen LogP contribution in [0.3, 0.4) is 0 Å². The molecule has 1 saturated carbocycles. The lowest BCUT2D eigenvalue weighted by molar-refractivity contribution is -0.145. The van der Waals surface area contributed by atoms with Crippen LogP contribution in [0.25, 0.3) is 0 Å². The van der Waals surface area contributed by atoms with Crippen LogP contribution in [-0.4, -0.2) is 35.8 Å². The first-order chi connectivity index (χ1) is 15.7. The maximum atomic E-state index is 13.7. The number of benzene rings is 2. The Morgan fingerprint density at radius 1 is 0.844 bits per heavy atom. The second-order valence-electron chi connectivity index (χ2n) is 9.86. The minimum atomic E-state index is -0.194. The normalized spacial score (nSPS) is 26.1. The molecule has 1 N–H and O–H groups in total. The first-order valence-corrected chi connectivity index (χ1v) is 12.4. The fraction of sp³-hybridized carbons (Fsp3) is 0.500. The van der Waals surface area contributed by atoms with Crippen LogP contribution < -0.4 is 5.32 Å². The van der Waals surface area contributed by atoms with Crippen molar-refractivity contribution in [1.82, 2.24) is 10.2 Å². The summed E-state index contributed by atoms with van der Waals surface area (Å²) in [6.45, 7) is 1.83. The second-order valence-corrected chi connectivity index (χ2v) is 9.86. The van der Waals surface area contributed by atoms with Gasteiger partial charge in [-0.1, -0.05) is 73.5 Å². The minimum Gasteiger partial charge on any atom is -0.317 e. The number of hydrogen-bond acceptors (Lipinski definition) is 3. The molecule has 3 unspecified atom stereocenters. The molecule has 4 heteroatoms. The summed E-state index contributed by atoms with van der Waals surface area (Å²) in [5.41, 5.74) is 2.35. The molecule has 3 aliphatic rings. The van der Waals surface area contributed by atoms with Gasteiger partial charge in [0.2, 0.25) is 11.8 Å². The number of amides is 2. The molecule has 2 amide bonds. The maximum absolute atomic E-state index is 13.7. The zero-order chi connectivity index (χ0) is 22.0. The average molecular weight is 431 g/mol. The number of piperidine rings is 1. The van der Waals surface area contributed by atoms with Gasteiger partial charge in [0.1, 0.15) is 0 Å². The predicted octanol–water partition coefficient (Wildman–Crippen LogP) is 4.48. The summed E-state index contributed by atoms with van der Waals surface area (Å²) in [4.78, 5) is 29.2. The van der Waals surface area contributed by atoms with Gasteiger partial charge in [0, 0.05) is 11.5 Å². The van der Waals surface area contributed by atoms with Crippen LogP contribution in [0.5, 0.6) is 0 Å². The first kappa shape index (κ1) is 21.4. The van der Waals surface area contributed by atoms with E-state index in [2.05, 4.69) is 59.9 Å². The molecule has 0 bridgehead atoms. The summed E-state index contributed by atoms with van der Waals surface area (Å²) in [5.74, 6) is 0.0215. The number of carbonyl (C=O) groups is 2.